The average Bonchev–Trinajstić information content (AvgIpc) is 2.47. The summed E-state index contributed by atoms with van der Waals surface area (Å²) in [6.07, 6.45) is 1.79. The van der Waals surface area contributed by atoms with Gasteiger partial charge in [0, 0.05) is 12.2 Å². The largest absolute Gasteiger partial charge is 0.395 e. The Bertz CT molecular complexity index is 692. The van der Waals surface area contributed by atoms with Gasteiger partial charge in [-0.15, -0.1) is 0 Å². The Morgan fingerprint density at radius 3 is 2.52 bits per heavy atom. The summed E-state index contributed by atoms with van der Waals surface area (Å²) in [4.78, 5) is 3.65. The number of hydrogen-bond acceptors (Lipinski definition) is 4. The van der Waals surface area contributed by atoms with E-state index in [0.717, 1.165) is 5.56 Å². The number of aliphatic hydroxyl groups is 1. The van der Waals surface area contributed by atoms with Crippen LogP contribution in [0.25, 0.3) is 0 Å². The topological polar surface area (TPSA) is 79.3 Å². The van der Waals surface area contributed by atoms with Crippen LogP contribution in [0.2, 0.25) is 5.15 Å². The zero-order valence-electron chi connectivity index (χ0n) is 11.1. The minimum Gasteiger partial charge on any atom is -0.395 e. The van der Waals surface area contributed by atoms with Gasteiger partial charge in [0.15, 0.2) is 0 Å². The zero-order chi connectivity index (χ0) is 15.3. The Balaban J connectivity index is 2.16. The van der Waals surface area contributed by atoms with E-state index in [4.69, 9.17) is 11.6 Å². The highest BCUT2D eigenvalue weighted by Gasteiger charge is 2.22. The van der Waals surface area contributed by atoms with Gasteiger partial charge in [0.1, 0.15) is 10.0 Å². The van der Waals surface area contributed by atoms with E-state index in [1.165, 1.54) is 18.3 Å². The van der Waals surface area contributed by atoms with E-state index >= 15 is 0 Å². The van der Waals surface area contributed by atoms with Crippen molar-refractivity contribution in [3.05, 3.63) is 59.4 Å². The lowest BCUT2D eigenvalue weighted by molar-refractivity contribution is 0.256. The number of pyridine rings is 1. The SMILES string of the molecule is O=S(=O)(NC(CO)Cc1ccccc1)c1cccnc1Cl. The molecule has 2 N–H and O–H groups in total. The number of halogens is 1. The normalized spacial score (nSPS) is 13.0. The molecule has 0 aliphatic rings. The van der Waals surface area contributed by atoms with Crippen molar-refractivity contribution in [1.82, 2.24) is 9.71 Å². The van der Waals surface area contributed by atoms with E-state index in [1.807, 2.05) is 30.3 Å². The number of aliphatic hydroxyl groups excluding tert-OH is 1. The fourth-order valence-corrected chi connectivity index (χ4v) is 3.58. The second-order valence-electron chi connectivity index (χ2n) is 4.48. The predicted octanol–water partition coefficient (Wildman–Crippen LogP) is 1.62. The summed E-state index contributed by atoms with van der Waals surface area (Å²) in [5, 5.41) is 9.30. The number of nitrogens with zero attached hydrogens (tertiary/aromatic N) is 1. The number of sulfonamides is 1. The molecule has 0 fully saturated rings. The molecule has 2 aromatic rings. The van der Waals surface area contributed by atoms with Crippen molar-refractivity contribution >= 4 is 21.6 Å². The molecular weight excluding hydrogens is 312 g/mol. The molecule has 0 amide bonds. The molecule has 1 unspecified atom stereocenters. The first-order chi connectivity index (χ1) is 10.0. The van der Waals surface area contributed by atoms with Gasteiger partial charge in [0.25, 0.3) is 0 Å². The number of rotatable bonds is 6. The molecule has 1 heterocycles. The minimum atomic E-state index is -3.83. The summed E-state index contributed by atoms with van der Waals surface area (Å²) in [7, 11) is -3.83. The Morgan fingerprint density at radius 2 is 1.90 bits per heavy atom. The van der Waals surface area contributed by atoms with Crippen LogP contribution in [-0.2, 0) is 16.4 Å². The molecule has 1 aromatic heterocycles. The van der Waals surface area contributed by atoms with Crippen molar-refractivity contribution in [2.75, 3.05) is 6.61 Å². The Labute approximate surface area is 128 Å². The first kappa shape index (κ1) is 15.9. The summed E-state index contributed by atoms with van der Waals surface area (Å²) < 4.78 is 27.0. The lowest BCUT2D eigenvalue weighted by Gasteiger charge is -2.16. The van der Waals surface area contributed by atoms with Crippen molar-refractivity contribution in [2.45, 2.75) is 17.4 Å². The monoisotopic (exact) mass is 326 g/mol. The fourth-order valence-electron chi connectivity index (χ4n) is 1.90. The van der Waals surface area contributed by atoms with Crippen molar-refractivity contribution in [3.63, 3.8) is 0 Å². The van der Waals surface area contributed by atoms with Crippen LogP contribution >= 0.6 is 11.6 Å². The second-order valence-corrected chi connectivity index (χ2v) is 6.52. The van der Waals surface area contributed by atoms with Crippen LogP contribution in [0.5, 0.6) is 0 Å². The van der Waals surface area contributed by atoms with E-state index in [0.29, 0.717) is 6.42 Å². The molecule has 5 nitrogen and oxygen atoms in total. The van der Waals surface area contributed by atoms with Gasteiger partial charge in [-0.2, -0.15) is 0 Å². The lowest BCUT2D eigenvalue weighted by atomic mass is 10.1. The van der Waals surface area contributed by atoms with Gasteiger partial charge in [0.2, 0.25) is 10.0 Å². The summed E-state index contributed by atoms with van der Waals surface area (Å²) in [5.41, 5.74) is 0.927. The molecule has 0 aliphatic carbocycles. The third-order valence-corrected chi connectivity index (χ3v) is 4.85. The van der Waals surface area contributed by atoms with E-state index in [2.05, 4.69) is 9.71 Å². The maximum atomic E-state index is 12.3. The first-order valence-electron chi connectivity index (χ1n) is 6.30. The Hall–Kier alpha value is -1.47. The van der Waals surface area contributed by atoms with Crippen molar-refractivity contribution in [1.29, 1.82) is 0 Å². The predicted molar refractivity (Wildman–Crippen MR) is 80.6 cm³/mol. The molecule has 0 spiro atoms. The average molecular weight is 327 g/mol. The molecule has 21 heavy (non-hydrogen) atoms. The smallest absolute Gasteiger partial charge is 0.243 e. The molecule has 1 aromatic carbocycles. The molecule has 0 saturated carbocycles. The minimum absolute atomic E-state index is 0.0959. The van der Waals surface area contributed by atoms with Crippen LogP contribution in [-0.4, -0.2) is 31.2 Å². The van der Waals surface area contributed by atoms with Gasteiger partial charge in [-0.25, -0.2) is 18.1 Å². The van der Waals surface area contributed by atoms with E-state index < -0.39 is 16.1 Å². The van der Waals surface area contributed by atoms with Gasteiger partial charge >= 0.3 is 0 Å². The highest BCUT2D eigenvalue weighted by atomic mass is 35.5. The van der Waals surface area contributed by atoms with Gasteiger partial charge in [0.05, 0.1) is 6.61 Å². The van der Waals surface area contributed by atoms with Crippen molar-refractivity contribution in [2.24, 2.45) is 0 Å². The molecule has 112 valence electrons. The van der Waals surface area contributed by atoms with Gasteiger partial charge in [-0.3, -0.25) is 0 Å². The molecule has 2 rings (SSSR count). The number of benzene rings is 1. The molecule has 1 atom stereocenters. The first-order valence-corrected chi connectivity index (χ1v) is 8.16. The summed E-state index contributed by atoms with van der Waals surface area (Å²) >= 11 is 5.80. The fraction of sp³-hybridized carbons (Fsp3) is 0.214. The molecular formula is C14H15ClN2O3S. The van der Waals surface area contributed by atoms with Crippen LogP contribution in [0.3, 0.4) is 0 Å². The molecule has 0 bridgehead atoms. The van der Waals surface area contributed by atoms with Crippen molar-refractivity contribution < 1.29 is 13.5 Å². The highest BCUT2D eigenvalue weighted by Crippen LogP contribution is 2.18. The van der Waals surface area contributed by atoms with Crippen LogP contribution < -0.4 is 4.72 Å². The molecule has 0 aliphatic heterocycles. The lowest BCUT2D eigenvalue weighted by Crippen LogP contribution is -2.39. The van der Waals surface area contributed by atoms with E-state index in [1.54, 1.807) is 0 Å². The number of nitrogens with one attached hydrogen (secondary N) is 1. The maximum absolute atomic E-state index is 12.3. The standard InChI is InChI=1S/C14H15ClN2O3S/c15-14-13(7-4-8-16-14)21(19,20)17-12(10-18)9-11-5-2-1-3-6-11/h1-8,12,17-18H,9-10H2. The van der Waals surface area contributed by atoms with Crippen LogP contribution in [0.4, 0.5) is 0 Å². The van der Waals surface area contributed by atoms with Crippen molar-refractivity contribution in [3.8, 4) is 0 Å². The van der Waals surface area contributed by atoms with Crippen LogP contribution in [0.15, 0.2) is 53.6 Å². The van der Waals surface area contributed by atoms with Crippen LogP contribution in [0, 0.1) is 0 Å². The van der Waals surface area contributed by atoms with Crippen LogP contribution in [0.1, 0.15) is 5.56 Å². The van der Waals surface area contributed by atoms with E-state index in [-0.39, 0.29) is 16.7 Å². The van der Waals surface area contributed by atoms with Gasteiger partial charge < -0.3 is 5.11 Å². The number of hydrogen-bond donors (Lipinski definition) is 2. The quantitative estimate of drug-likeness (QED) is 0.791. The summed E-state index contributed by atoms with van der Waals surface area (Å²) in [6, 6.07) is 11.6. The summed E-state index contributed by atoms with van der Waals surface area (Å²) in [6.45, 7) is -0.313. The third-order valence-electron chi connectivity index (χ3n) is 2.88. The second kappa shape index (κ2) is 7.00. The molecule has 0 saturated heterocycles. The highest BCUT2D eigenvalue weighted by molar-refractivity contribution is 7.89. The molecule has 7 heteroatoms. The zero-order valence-corrected chi connectivity index (χ0v) is 12.7. The maximum Gasteiger partial charge on any atom is 0.243 e. The number of aromatic nitrogens is 1. The van der Waals surface area contributed by atoms with Gasteiger partial charge in [-0.1, -0.05) is 41.9 Å². The summed E-state index contributed by atoms with van der Waals surface area (Å²) in [5.74, 6) is 0. The van der Waals surface area contributed by atoms with Gasteiger partial charge in [-0.05, 0) is 24.1 Å². The van der Waals surface area contributed by atoms with E-state index in [9.17, 15) is 13.5 Å². The Morgan fingerprint density at radius 1 is 1.19 bits per heavy atom. The molecule has 0 radical (unpaired) electrons. The Kier molecular flexibility index (Phi) is 5.30. The third kappa shape index (κ3) is 4.25.